The fourth-order valence-electron chi connectivity index (χ4n) is 1.60. The van der Waals surface area contributed by atoms with Crippen molar-refractivity contribution in [1.29, 1.82) is 0 Å². The Morgan fingerprint density at radius 2 is 2.18 bits per heavy atom. The number of carbonyl (C=O) groups excluding carboxylic acids is 1. The van der Waals surface area contributed by atoms with Crippen LogP contribution in [0.2, 0.25) is 0 Å². The minimum Gasteiger partial charge on any atom is -0.348 e. The summed E-state index contributed by atoms with van der Waals surface area (Å²) in [5.74, 6) is 0.782. The lowest BCUT2D eigenvalue weighted by atomic mass is 10.0. The maximum atomic E-state index is 12.0. The Hall–Kier alpha value is -1.09. The summed E-state index contributed by atoms with van der Waals surface area (Å²) in [6.45, 7) is 6.01. The van der Waals surface area contributed by atoms with E-state index in [1.807, 2.05) is 19.1 Å². The molecule has 4 heteroatoms. The second-order valence-corrected chi connectivity index (χ2v) is 4.84. The quantitative estimate of drug-likeness (QED) is 0.821. The van der Waals surface area contributed by atoms with Crippen LogP contribution in [0.3, 0.4) is 0 Å². The van der Waals surface area contributed by atoms with E-state index >= 15 is 0 Å². The molecule has 17 heavy (non-hydrogen) atoms. The van der Waals surface area contributed by atoms with Crippen molar-refractivity contribution in [3.8, 4) is 0 Å². The van der Waals surface area contributed by atoms with Crippen molar-refractivity contribution in [2.75, 3.05) is 5.88 Å². The van der Waals surface area contributed by atoms with Crippen molar-refractivity contribution in [2.45, 2.75) is 33.2 Å². The van der Waals surface area contributed by atoms with Gasteiger partial charge in [-0.3, -0.25) is 4.79 Å². The van der Waals surface area contributed by atoms with Crippen molar-refractivity contribution in [3.63, 3.8) is 0 Å². The first-order valence-corrected chi connectivity index (χ1v) is 6.38. The fraction of sp³-hybridized carbons (Fsp3) is 0.538. The number of pyridine rings is 1. The van der Waals surface area contributed by atoms with Gasteiger partial charge in [0.1, 0.15) is 5.69 Å². The molecule has 0 fully saturated rings. The van der Waals surface area contributed by atoms with Crippen molar-refractivity contribution in [2.24, 2.45) is 5.92 Å². The Morgan fingerprint density at radius 1 is 1.47 bits per heavy atom. The molecule has 0 aliphatic heterocycles. The Bertz CT molecular complexity index is 379. The van der Waals surface area contributed by atoms with Gasteiger partial charge in [-0.2, -0.15) is 0 Å². The molecule has 0 saturated heterocycles. The third-order valence-electron chi connectivity index (χ3n) is 2.66. The van der Waals surface area contributed by atoms with Gasteiger partial charge >= 0.3 is 0 Å². The number of aryl methyl sites for hydroxylation is 1. The SMILES string of the molecule is Cc1cccc(C(=O)NC(CCCl)C(C)C)n1. The molecule has 1 atom stereocenters. The van der Waals surface area contributed by atoms with Gasteiger partial charge in [-0.25, -0.2) is 4.98 Å². The molecule has 0 aliphatic rings. The molecule has 1 amide bonds. The van der Waals surface area contributed by atoms with Gasteiger partial charge in [-0.05, 0) is 31.4 Å². The van der Waals surface area contributed by atoms with Crippen LogP contribution in [0, 0.1) is 12.8 Å². The predicted molar refractivity (Wildman–Crippen MR) is 70.4 cm³/mol. The number of rotatable bonds is 5. The van der Waals surface area contributed by atoms with Crippen LogP contribution < -0.4 is 5.32 Å². The van der Waals surface area contributed by atoms with Gasteiger partial charge in [0, 0.05) is 17.6 Å². The van der Waals surface area contributed by atoms with E-state index in [-0.39, 0.29) is 11.9 Å². The molecule has 94 valence electrons. The lowest BCUT2D eigenvalue weighted by Gasteiger charge is -2.21. The van der Waals surface area contributed by atoms with Crippen molar-refractivity contribution in [3.05, 3.63) is 29.6 Å². The minimum atomic E-state index is -0.127. The molecule has 0 spiro atoms. The molecule has 1 aromatic heterocycles. The summed E-state index contributed by atoms with van der Waals surface area (Å²) in [5, 5.41) is 2.98. The van der Waals surface area contributed by atoms with Crippen LogP contribution in [-0.2, 0) is 0 Å². The third-order valence-corrected chi connectivity index (χ3v) is 2.88. The van der Waals surface area contributed by atoms with Crippen molar-refractivity contribution in [1.82, 2.24) is 10.3 Å². The number of halogens is 1. The molecule has 3 nitrogen and oxygen atoms in total. The summed E-state index contributed by atoms with van der Waals surface area (Å²) in [5.41, 5.74) is 1.31. The van der Waals surface area contributed by atoms with Gasteiger partial charge in [0.15, 0.2) is 0 Å². The Morgan fingerprint density at radius 3 is 2.71 bits per heavy atom. The first-order chi connectivity index (χ1) is 8.04. The first-order valence-electron chi connectivity index (χ1n) is 5.85. The van der Waals surface area contributed by atoms with E-state index in [0.717, 1.165) is 12.1 Å². The van der Waals surface area contributed by atoms with Gasteiger partial charge in [-0.1, -0.05) is 19.9 Å². The average molecular weight is 255 g/mol. The zero-order valence-electron chi connectivity index (χ0n) is 10.5. The number of amides is 1. The van der Waals surface area contributed by atoms with Gasteiger partial charge in [-0.15, -0.1) is 11.6 Å². The van der Waals surface area contributed by atoms with Crippen molar-refractivity contribution < 1.29 is 4.79 Å². The standard InChI is InChI=1S/C13H19ClN2O/c1-9(2)11(7-8-14)16-13(17)12-6-4-5-10(3)15-12/h4-6,9,11H,7-8H2,1-3H3,(H,16,17). The average Bonchev–Trinajstić information content (AvgIpc) is 2.28. The lowest BCUT2D eigenvalue weighted by molar-refractivity contribution is 0.0919. The number of hydrogen-bond acceptors (Lipinski definition) is 2. The summed E-state index contributed by atoms with van der Waals surface area (Å²) >= 11 is 5.73. The number of hydrogen-bond donors (Lipinski definition) is 1. The smallest absolute Gasteiger partial charge is 0.270 e. The highest BCUT2D eigenvalue weighted by Gasteiger charge is 2.17. The van der Waals surface area contributed by atoms with Crippen LogP contribution in [0.15, 0.2) is 18.2 Å². The molecule has 0 saturated carbocycles. The van der Waals surface area contributed by atoms with Crippen LogP contribution in [0.5, 0.6) is 0 Å². The summed E-state index contributed by atoms with van der Waals surface area (Å²) in [4.78, 5) is 16.2. The van der Waals surface area contributed by atoms with E-state index in [1.165, 1.54) is 0 Å². The van der Waals surface area contributed by atoms with E-state index in [1.54, 1.807) is 6.07 Å². The second-order valence-electron chi connectivity index (χ2n) is 4.47. The maximum Gasteiger partial charge on any atom is 0.270 e. The molecular weight excluding hydrogens is 236 g/mol. The highest BCUT2D eigenvalue weighted by Crippen LogP contribution is 2.08. The zero-order chi connectivity index (χ0) is 12.8. The summed E-state index contributed by atoms with van der Waals surface area (Å²) in [7, 11) is 0. The second kappa shape index (κ2) is 6.60. The van der Waals surface area contributed by atoms with Crippen LogP contribution in [0.25, 0.3) is 0 Å². The lowest BCUT2D eigenvalue weighted by Crippen LogP contribution is -2.39. The topological polar surface area (TPSA) is 42.0 Å². The highest BCUT2D eigenvalue weighted by atomic mass is 35.5. The van der Waals surface area contributed by atoms with E-state index in [4.69, 9.17) is 11.6 Å². The third kappa shape index (κ3) is 4.35. The highest BCUT2D eigenvalue weighted by molar-refractivity contribution is 6.17. The van der Waals surface area contributed by atoms with Gasteiger partial charge in [0.2, 0.25) is 0 Å². The molecule has 0 aliphatic carbocycles. The Kier molecular flexibility index (Phi) is 5.42. The van der Waals surface area contributed by atoms with Gasteiger partial charge in [0.05, 0.1) is 0 Å². The van der Waals surface area contributed by atoms with Crippen LogP contribution >= 0.6 is 11.6 Å². The molecule has 1 heterocycles. The Balaban J connectivity index is 2.70. The molecule has 1 N–H and O–H groups in total. The molecule has 0 bridgehead atoms. The normalized spacial score (nSPS) is 12.5. The largest absolute Gasteiger partial charge is 0.348 e. The number of carbonyl (C=O) groups is 1. The maximum absolute atomic E-state index is 12.0. The van der Waals surface area contributed by atoms with Crippen molar-refractivity contribution >= 4 is 17.5 Å². The fourth-order valence-corrected chi connectivity index (χ4v) is 1.84. The zero-order valence-corrected chi connectivity index (χ0v) is 11.3. The minimum absolute atomic E-state index is 0.0994. The number of nitrogens with one attached hydrogen (secondary N) is 1. The summed E-state index contributed by atoms with van der Waals surface area (Å²) in [6, 6.07) is 5.53. The van der Waals surface area contributed by atoms with Crippen LogP contribution in [-0.4, -0.2) is 22.8 Å². The monoisotopic (exact) mass is 254 g/mol. The molecular formula is C13H19ClN2O. The Labute approximate surface area is 108 Å². The number of aromatic nitrogens is 1. The summed E-state index contributed by atoms with van der Waals surface area (Å²) in [6.07, 6.45) is 0.775. The van der Waals surface area contributed by atoms with Gasteiger partial charge in [0.25, 0.3) is 5.91 Å². The number of alkyl halides is 1. The molecule has 1 rings (SSSR count). The molecule has 0 radical (unpaired) electrons. The van der Waals surface area contributed by atoms with Crippen LogP contribution in [0.1, 0.15) is 36.5 Å². The first kappa shape index (κ1) is 14.0. The number of nitrogens with zero attached hydrogens (tertiary/aromatic N) is 1. The van der Waals surface area contributed by atoms with E-state index in [2.05, 4.69) is 24.1 Å². The van der Waals surface area contributed by atoms with E-state index in [9.17, 15) is 4.79 Å². The van der Waals surface area contributed by atoms with E-state index < -0.39 is 0 Å². The molecule has 1 aromatic rings. The van der Waals surface area contributed by atoms with Gasteiger partial charge < -0.3 is 5.32 Å². The predicted octanol–water partition coefficient (Wildman–Crippen LogP) is 2.77. The molecule has 0 aromatic carbocycles. The molecule has 1 unspecified atom stereocenters. The van der Waals surface area contributed by atoms with Crippen LogP contribution in [0.4, 0.5) is 0 Å². The van der Waals surface area contributed by atoms with E-state index in [0.29, 0.717) is 17.5 Å². The summed E-state index contributed by atoms with van der Waals surface area (Å²) < 4.78 is 0.